The lowest BCUT2D eigenvalue weighted by atomic mass is 9.94. The highest BCUT2D eigenvalue weighted by Gasteiger charge is 2.15. The Hall–Kier alpha value is -1.16. The molecule has 0 radical (unpaired) electrons. The van der Waals surface area contributed by atoms with Gasteiger partial charge in [0, 0.05) is 4.47 Å². The number of rotatable bonds is 5. The number of nitrogens with two attached hydrogens (primary N) is 1. The Balaban J connectivity index is 2.41. The Labute approximate surface area is 129 Å². The fourth-order valence-corrected chi connectivity index (χ4v) is 2.88. The van der Waals surface area contributed by atoms with E-state index in [1.807, 2.05) is 0 Å². The molecule has 0 aromatic heterocycles. The number of benzene rings is 2. The molecular formula is C17H21BrN2. The van der Waals surface area contributed by atoms with Crippen molar-refractivity contribution < 1.29 is 0 Å². The molecule has 3 N–H and O–H groups in total. The van der Waals surface area contributed by atoms with Gasteiger partial charge in [0.1, 0.15) is 0 Å². The van der Waals surface area contributed by atoms with Gasteiger partial charge in [0.05, 0.1) is 6.04 Å². The molecule has 2 aromatic rings. The van der Waals surface area contributed by atoms with Crippen molar-refractivity contribution >= 4 is 15.9 Å². The maximum absolute atomic E-state index is 5.81. The zero-order chi connectivity index (χ0) is 14.5. The van der Waals surface area contributed by atoms with Gasteiger partial charge in [0.15, 0.2) is 0 Å². The summed E-state index contributed by atoms with van der Waals surface area (Å²) in [6, 6.07) is 15.0. The lowest BCUT2D eigenvalue weighted by Crippen LogP contribution is -2.29. The minimum atomic E-state index is 0.0179. The van der Waals surface area contributed by atoms with E-state index < -0.39 is 0 Å². The standard InChI is InChI=1S/C17H21BrN2/c1-3-5-13-6-4-7-14(10-13)17(20-19)16-11-15(18)9-8-12(16)2/h4,6-11,17,20H,3,5,19H2,1-2H3. The van der Waals surface area contributed by atoms with E-state index in [0.29, 0.717) is 0 Å². The molecule has 0 aliphatic carbocycles. The maximum Gasteiger partial charge on any atom is 0.0713 e. The van der Waals surface area contributed by atoms with E-state index in [2.05, 4.69) is 77.7 Å². The smallest absolute Gasteiger partial charge is 0.0713 e. The summed E-state index contributed by atoms with van der Waals surface area (Å²) in [6.07, 6.45) is 2.25. The van der Waals surface area contributed by atoms with Gasteiger partial charge < -0.3 is 0 Å². The highest BCUT2D eigenvalue weighted by atomic mass is 79.9. The molecule has 0 fully saturated rings. The van der Waals surface area contributed by atoms with Crippen LogP contribution < -0.4 is 11.3 Å². The summed E-state index contributed by atoms with van der Waals surface area (Å²) in [5.74, 6) is 5.81. The van der Waals surface area contributed by atoms with Gasteiger partial charge >= 0.3 is 0 Å². The van der Waals surface area contributed by atoms with Gasteiger partial charge in [0.2, 0.25) is 0 Å². The molecule has 0 bridgehead atoms. The first kappa shape index (κ1) is 15.2. The number of hydrogen-bond donors (Lipinski definition) is 2. The molecule has 2 nitrogen and oxygen atoms in total. The number of aryl methyl sites for hydroxylation is 2. The summed E-state index contributed by atoms with van der Waals surface area (Å²) in [4.78, 5) is 0. The normalized spacial score (nSPS) is 12.4. The molecule has 1 atom stereocenters. The molecule has 0 aliphatic rings. The SMILES string of the molecule is CCCc1cccc(C(NN)c2cc(Br)ccc2C)c1. The largest absolute Gasteiger partial charge is 0.271 e. The molecule has 0 heterocycles. The van der Waals surface area contributed by atoms with Crippen LogP contribution in [0.3, 0.4) is 0 Å². The third kappa shape index (κ3) is 3.48. The molecular weight excluding hydrogens is 312 g/mol. The first-order chi connectivity index (χ1) is 9.65. The number of hydrazine groups is 1. The van der Waals surface area contributed by atoms with Gasteiger partial charge in [-0.2, -0.15) is 0 Å². The third-order valence-corrected chi connectivity index (χ3v) is 4.04. The minimum absolute atomic E-state index is 0.0179. The quantitative estimate of drug-likeness (QED) is 0.634. The second-order valence-corrected chi connectivity index (χ2v) is 6.01. The zero-order valence-electron chi connectivity index (χ0n) is 12.0. The summed E-state index contributed by atoms with van der Waals surface area (Å²) in [5.41, 5.74) is 7.96. The van der Waals surface area contributed by atoms with Crippen molar-refractivity contribution in [2.75, 3.05) is 0 Å². The van der Waals surface area contributed by atoms with E-state index in [9.17, 15) is 0 Å². The van der Waals surface area contributed by atoms with Crippen LogP contribution in [0.25, 0.3) is 0 Å². The van der Waals surface area contributed by atoms with Crippen LogP contribution in [0, 0.1) is 6.92 Å². The average molecular weight is 333 g/mol. The Morgan fingerprint density at radius 3 is 2.70 bits per heavy atom. The molecule has 1 unspecified atom stereocenters. The van der Waals surface area contributed by atoms with Crippen LogP contribution in [0.5, 0.6) is 0 Å². The van der Waals surface area contributed by atoms with Crippen LogP contribution >= 0.6 is 15.9 Å². The van der Waals surface area contributed by atoms with E-state index in [1.165, 1.54) is 22.3 Å². The average Bonchev–Trinajstić information content (AvgIpc) is 2.44. The van der Waals surface area contributed by atoms with Gasteiger partial charge in [-0.1, -0.05) is 59.6 Å². The lowest BCUT2D eigenvalue weighted by Gasteiger charge is -2.20. The van der Waals surface area contributed by atoms with Crippen molar-refractivity contribution in [2.45, 2.75) is 32.7 Å². The van der Waals surface area contributed by atoms with Crippen molar-refractivity contribution in [3.05, 3.63) is 69.2 Å². The first-order valence-corrected chi connectivity index (χ1v) is 7.76. The van der Waals surface area contributed by atoms with E-state index in [0.717, 1.165) is 17.3 Å². The van der Waals surface area contributed by atoms with E-state index in [-0.39, 0.29) is 6.04 Å². The second kappa shape index (κ2) is 7.02. The van der Waals surface area contributed by atoms with Gasteiger partial charge in [-0.05, 0) is 47.7 Å². The van der Waals surface area contributed by atoms with Crippen LogP contribution in [0.2, 0.25) is 0 Å². The molecule has 0 spiro atoms. The molecule has 20 heavy (non-hydrogen) atoms. The minimum Gasteiger partial charge on any atom is -0.271 e. The number of nitrogens with one attached hydrogen (secondary N) is 1. The van der Waals surface area contributed by atoms with Crippen LogP contribution in [0.1, 0.15) is 41.6 Å². The number of halogens is 1. The predicted molar refractivity (Wildman–Crippen MR) is 88.5 cm³/mol. The van der Waals surface area contributed by atoms with Crippen molar-refractivity contribution in [1.29, 1.82) is 0 Å². The Bertz CT molecular complexity index is 581. The fraction of sp³-hybridized carbons (Fsp3) is 0.294. The monoisotopic (exact) mass is 332 g/mol. The van der Waals surface area contributed by atoms with Crippen molar-refractivity contribution in [2.24, 2.45) is 5.84 Å². The molecule has 3 heteroatoms. The Morgan fingerprint density at radius 1 is 1.20 bits per heavy atom. The second-order valence-electron chi connectivity index (χ2n) is 5.10. The molecule has 0 saturated carbocycles. The molecule has 0 amide bonds. The summed E-state index contributed by atoms with van der Waals surface area (Å²) in [7, 11) is 0. The van der Waals surface area contributed by atoms with E-state index in [1.54, 1.807) is 0 Å². The predicted octanol–water partition coefficient (Wildman–Crippen LogP) is 4.26. The summed E-state index contributed by atoms with van der Waals surface area (Å²) >= 11 is 3.54. The van der Waals surface area contributed by atoms with Gasteiger partial charge in [-0.15, -0.1) is 0 Å². The van der Waals surface area contributed by atoms with Crippen LogP contribution in [-0.2, 0) is 6.42 Å². The van der Waals surface area contributed by atoms with Crippen LogP contribution in [-0.4, -0.2) is 0 Å². The highest BCUT2D eigenvalue weighted by molar-refractivity contribution is 9.10. The molecule has 0 saturated heterocycles. The third-order valence-electron chi connectivity index (χ3n) is 3.54. The fourth-order valence-electron chi connectivity index (χ4n) is 2.50. The Morgan fingerprint density at radius 2 is 2.00 bits per heavy atom. The lowest BCUT2D eigenvalue weighted by molar-refractivity contribution is 0.632. The summed E-state index contributed by atoms with van der Waals surface area (Å²) < 4.78 is 1.07. The van der Waals surface area contributed by atoms with Gasteiger partial charge in [-0.3, -0.25) is 5.84 Å². The van der Waals surface area contributed by atoms with E-state index in [4.69, 9.17) is 5.84 Å². The van der Waals surface area contributed by atoms with Gasteiger partial charge in [0.25, 0.3) is 0 Å². The maximum atomic E-state index is 5.81. The molecule has 2 aromatic carbocycles. The summed E-state index contributed by atoms with van der Waals surface area (Å²) in [6.45, 7) is 4.31. The summed E-state index contributed by atoms with van der Waals surface area (Å²) in [5, 5.41) is 0. The number of hydrogen-bond acceptors (Lipinski definition) is 2. The zero-order valence-corrected chi connectivity index (χ0v) is 13.6. The van der Waals surface area contributed by atoms with Crippen LogP contribution in [0.15, 0.2) is 46.9 Å². The van der Waals surface area contributed by atoms with E-state index >= 15 is 0 Å². The van der Waals surface area contributed by atoms with Crippen molar-refractivity contribution in [3.8, 4) is 0 Å². The molecule has 2 rings (SSSR count). The molecule has 0 aliphatic heterocycles. The Kier molecular flexibility index (Phi) is 5.35. The first-order valence-electron chi connectivity index (χ1n) is 6.96. The van der Waals surface area contributed by atoms with Crippen molar-refractivity contribution in [3.63, 3.8) is 0 Å². The van der Waals surface area contributed by atoms with Crippen LogP contribution in [0.4, 0.5) is 0 Å². The molecule has 106 valence electrons. The topological polar surface area (TPSA) is 38.0 Å². The van der Waals surface area contributed by atoms with Gasteiger partial charge in [-0.25, -0.2) is 5.43 Å². The van der Waals surface area contributed by atoms with Crippen molar-refractivity contribution in [1.82, 2.24) is 5.43 Å². The highest BCUT2D eigenvalue weighted by Crippen LogP contribution is 2.27.